The lowest BCUT2D eigenvalue weighted by Gasteiger charge is -2.26. The topological polar surface area (TPSA) is 225 Å². The Morgan fingerprint density at radius 3 is 2.58 bits per heavy atom. The molecule has 19 heteroatoms. The van der Waals surface area contributed by atoms with Gasteiger partial charge in [-0.25, -0.2) is 27.6 Å². The van der Waals surface area contributed by atoms with E-state index in [9.17, 15) is 23.0 Å². The third-order valence-electron chi connectivity index (χ3n) is 4.31. The fourth-order valence-corrected chi connectivity index (χ4v) is 6.11. The van der Waals surface area contributed by atoms with Gasteiger partial charge in [-0.05, 0) is 19.1 Å². The molecule has 6 N–H and O–H groups in total. The molecule has 1 saturated heterocycles. The fourth-order valence-electron chi connectivity index (χ4n) is 3.06. The molecule has 15 nitrogen and oxygen atoms in total. The second kappa shape index (κ2) is 8.25. The Morgan fingerprint density at radius 2 is 1.94 bits per heavy atom. The van der Waals surface area contributed by atoms with Crippen LogP contribution in [0.3, 0.4) is 0 Å². The van der Waals surface area contributed by atoms with Gasteiger partial charge in [0.2, 0.25) is 0 Å². The van der Waals surface area contributed by atoms with Crippen molar-refractivity contribution in [2.24, 2.45) is 0 Å². The molecule has 1 fully saturated rings. The Hall–Kier alpha value is -1.28. The van der Waals surface area contributed by atoms with Crippen molar-refractivity contribution in [3.8, 4) is 0 Å². The quantitative estimate of drug-likeness (QED) is 0.315. The van der Waals surface area contributed by atoms with Gasteiger partial charge in [0.1, 0.15) is 23.6 Å². The summed E-state index contributed by atoms with van der Waals surface area (Å²) in [4.78, 5) is 39.5. The number of nitrogens with zero attached hydrogens (tertiary/aromatic N) is 3. The summed E-state index contributed by atoms with van der Waals surface area (Å²) in [7, 11) is -16.5. The Balaban J connectivity index is 1.69. The van der Waals surface area contributed by atoms with Gasteiger partial charge in [-0.2, -0.15) is 13.7 Å². The summed E-state index contributed by atoms with van der Waals surface area (Å²) in [5, 5.41) is 4.01. The number of aromatic nitrogens is 3. The van der Waals surface area contributed by atoms with Gasteiger partial charge >= 0.3 is 23.5 Å². The number of hydrogen-bond acceptors (Lipinski definition) is 10. The second-order valence-corrected chi connectivity index (χ2v) is 11.0. The summed E-state index contributed by atoms with van der Waals surface area (Å²) in [5.74, 6) is 0.155. The van der Waals surface area contributed by atoms with Crippen LogP contribution in [-0.2, 0) is 37.2 Å². The van der Waals surface area contributed by atoms with Gasteiger partial charge in [-0.15, -0.1) is 0 Å². The summed E-state index contributed by atoms with van der Waals surface area (Å²) in [6.07, 6.45) is -1.84. The number of ether oxygens (including phenoxy) is 1. The number of phosphoric ester groups is 1. The lowest BCUT2D eigenvalue weighted by molar-refractivity contribution is -0.0729. The van der Waals surface area contributed by atoms with E-state index in [0.717, 1.165) is 0 Å². The van der Waals surface area contributed by atoms with Crippen LogP contribution < -0.4 is 5.73 Å². The standard InChI is InChI=1S/C12H18FN4O11P3/c1-12(10-3-2-8-11(14)15-6-16-17(8)10)9(13)4-7(26-12)5-25-30(21,22)28-31(23,24)27-29(18,19)20/h2-3,6-7,9H,4-5H2,1H3,(H,21,22)(H,23,24)(H2,14,15,16)(H2,18,19,20)/t7-,9+,12+/m0/s1. The van der Waals surface area contributed by atoms with E-state index in [0.29, 0.717) is 5.52 Å². The highest BCUT2D eigenvalue weighted by Crippen LogP contribution is 2.66. The second-order valence-electron chi connectivity index (χ2n) is 6.60. The maximum Gasteiger partial charge on any atom is 0.490 e. The number of phosphoric acid groups is 3. The molecule has 174 valence electrons. The van der Waals surface area contributed by atoms with Gasteiger partial charge in [0, 0.05) is 6.42 Å². The van der Waals surface area contributed by atoms with E-state index >= 15 is 0 Å². The van der Waals surface area contributed by atoms with Gasteiger partial charge in [0.15, 0.2) is 5.82 Å². The molecule has 31 heavy (non-hydrogen) atoms. The van der Waals surface area contributed by atoms with Crippen molar-refractivity contribution in [3.63, 3.8) is 0 Å². The first-order chi connectivity index (χ1) is 14.1. The van der Waals surface area contributed by atoms with Gasteiger partial charge < -0.3 is 30.0 Å². The van der Waals surface area contributed by atoms with Crippen LogP contribution in [0.15, 0.2) is 18.5 Å². The van der Waals surface area contributed by atoms with E-state index in [1.807, 2.05) is 0 Å². The average Bonchev–Trinajstić information content (AvgIpc) is 3.13. The molecule has 0 spiro atoms. The smallest absolute Gasteiger partial charge is 0.382 e. The van der Waals surface area contributed by atoms with Gasteiger partial charge in [0.05, 0.1) is 18.4 Å². The molecule has 0 bridgehead atoms. The SMILES string of the molecule is C[C@@]1(c2ccc3c(N)ncnn23)O[C@H](COP(=O)(O)OP(=O)(O)OP(=O)(O)O)C[C@H]1F. The molecule has 0 aromatic carbocycles. The monoisotopic (exact) mass is 506 g/mol. The van der Waals surface area contributed by atoms with Crippen LogP contribution in [0.4, 0.5) is 10.2 Å². The van der Waals surface area contributed by atoms with Gasteiger partial charge in [-0.3, -0.25) is 4.52 Å². The van der Waals surface area contributed by atoms with Crippen LogP contribution >= 0.6 is 23.5 Å². The number of anilines is 1. The molecule has 1 aliphatic heterocycles. The molecule has 5 atom stereocenters. The molecule has 0 amide bonds. The minimum atomic E-state index is -5.65. The Labute approximate surface area is 173 Å². The largest absolute Gasteiger partial charge is 0.490 e. The van der Waals surface area contributed by atoms with Crippen molar-refractivity contribution in [2.45, 2.75) is 31.2 Å². The lowest BCUT2D eigenvalue weighted by Crippen LogP contribution is -2.32. The van der Waals surface area contributed by atoms with E-state index in [1.54, 1.807) is 6.07 Å². The summed E-state index contributed by atoms with van der Waals surface area (Å²) in [6.45, 7) is 0.655. The molecule has 2 unspecified atom stereocenters. The van der Waals surface area contributed by atoms with Crippen LogP contribution in [0.25, 0.3) is 5.52 Å². The van der Waals surface area contributed by atoms with Crippen LogP contribution in [0.2, 0.25) is 0 Å². The number of nitrogens with two attached hydrogens (primary N) is 1. The van der Waals surface area contributed by atoms with E-state index in [4.69, 9.17) is 25.2 Å². The number of nitrogen functional groups attached to an aromatic ring is 1. The molecule has 2 aromatic heterocycles. The van der Waals surface area contributed by atoms with Crippen LogP contribution in [0.5, 0.6) is 0 Å². The summed E-state index contributed by atoms with van der Waals surface area (Å²) in [5.41, 5.74) is 4.89. The molecule has 1 aliphatic rings. The first-order valence-corrected chi connectivity index (χ1v) is 12.8. The predicted molar refractivity (Wildman–Crippen MR) is 99.0 cm³/mol. The predicted octanol–water partition coefficient (Wildman–Crippen LogP) is 0.997. The van der Waals surface area contributed by atoms with E-state index in [2.05, 4.69) is 23.2 Å². The van der Waals surface area contributed by atoms with Gasteiger partial charge in [0.25, 0.3) is 0 Å². The first-order valence-electron chi connectivity index (χ1n) is 8.31. The van der Waals surface area contributed by atoms with Crippen molar-refractivity contribution in [3.05, 3.63) is 24.2 Å². The third kappa shape index (κ3) is 5.56. The third-order valence-corrected chi connectivity index (χ3v) is 8.11. The van der Waals surface area contributed by atoms with Crippen LogP contribution in [-0.4, -0.2) is 53.1 Å². The Kier molecular flexibility index (Phi) is 6.48. The highest BCUT2D eigenvalue weighted by Gasteiger charge is 2.50. The Bertz CT molecular complexity index is 1120. The average molecular weight is 506 g/mol. The van der Waals surface area contributed by atoms with E-state index in [-0.39, 0.29) is 17.9 Å². The minimum absolute atomic E-state index is 0.155. The summed E-state index contributed by atoms with van der Waals surface area (Å²) in [6, 6.07) is 3.09. The van der Waals surface area contributed by atoms with Crippen molar-refractivity contribution in [2.75, 3.05) is 12.3 Å². The van der Waals surface area contributed by atoms with Crippen molar-refractivity contribution in [1.29, 1.82) is 0 Å². The zero-order valence-corrected chi connectivity index (χ0v) is 18.3. The molecular formula is C12H18FN4O11P3. The summed E-state index contributed by atoms with van der Waals surface area (Å²) >= 11 is 0. The van der Waals surface area contributed by atoms with E-state index < -0.39 is 48.0 Å². The first kappa shape index (κ1) is 24.4. The normalized spacial score (nSPS) is 28.5. The maximum atomic E-state index is 14.9. The van der Waals surface area contributed by atoms with Gasteiger partial charge in [-0.1, -0.05) is 0 Å². The fraction of sp³-hybridized carbons (Fsp3) is 0.500. The molecule has 3 rings (SSSR count). The molecule has 3 heterocycles. The minimum Gasteiger partial charge on any atom is -0.382 e. The zero-order chi connectivity index (χ0) is 23.2. The lowest BCUT2D eigenvalue weighted by atomic mass is 9.96. The number of rotatable bonds is 8. The molecule has 2 aromatic rings. The number of alkyl halides is 1. The number of hydrogen-bond donors (Lipinski definition) is 5. The van der Waals surface area contributed by atoms with E-state index in [1.165, 1.54) is 23.8 Å². The number of halogens is 1. The molecule has 0 saturated carbocycles. The Morgan fingerprint density at radius 1 is 1.26 bits per heavy atom. The maximum absolute atomic E-state index is 14.9. The van der Waals surface area contributed by atoms with Crippen molar-refractivity contribution >= 4 is 34.8 Å². The number of fused-ring (bicyclic) bond motifs is 1. The molecule has 0 radical (unpaired) electrons. The molecular weight excluding hydrogens is 488 g/mol. The van der Waals surface area contributed by atoms with Crippen LogP contribution in [0.1, 0.15) is 19.0 Å². The van der Waals surface area contributed by atoms with Crippen molar-refractivity contribution < 1.29 is 55.5 Å². The summed E-state index contributed by atoms with van der Waals surface area (Å²) < 4.78 is 67.4. The highest BCUT2D eigenvalue weighted by molar-refractivity contribution is 7.66. The molecule has 0 aliphatic carbocycles. The highest BCUT2D eigenvalue weighted by atomic mass is 31.3. The van der Waals surface area contributed by atoms with Crippen LogP contribution in [0, 0.1) is 0 Å². The van der Waals surface area contributed by atoms with Crippen molar-refractivity contribution in [1.82, 2.24) is 14.6 Å². The zero-order valence-electron chi connectivity index (χ0n) is 15.6.